The summed E-state index contributed by atoms with van der Waals surface area (Å²) in [4.78, 5) is 8.40. The normalized spacial score (nSPS) is 13.5. The molecule has 2 atom stereocenters. The molecular weight excluding hydrogens is 1070 g/mol. The average molecular weight is 1160 g/mol. The maximum absolute atomic E-state index is 10.4. The fraction of sp³-hybridized carbons (Fsp3) is 0.434. The molecule has 2 aromatic carbocycles. The van der Waals surface area contributed by atoms with Crippen molar-refractivity contribution in [3.05, 3.63) is 176 Å². The van der Waals surface area contributed by atoms with E-state index in [1.807, 2.05) is 46.0 Å². The number of unbranched alkanes of at least 4 members (excludes halogenated alkanes) is 1. The summed E-state index contributed by atoms with van der Waals surface area (Å²) < 4.78 is 7.50. The molecule has 5 aromatic rings. The first-order valence-electron chi connectivity index (χ1n) is 22.1. The Morgan fingerprint density at radius 3 is 1.88 bits per heavy atom. The molecule has 2 unspecified atom stereocenters. The number of rotatable bonds is 11. The van der Waals surface area contributed by atoms with E-state index >= 15 is 0 Å². The van der Waals surface area contributed by atoms with Crippen LogP contribution < -0.4 is 15.0 Å². The standard InChI is InChI=1S/C21H27NO.C12H16O.C8H12N2O2.C5H4ClNO.2C2H6.3CH3.3Y/c1-2-17-9-10-19-16-21(12-11-18(19)15-17)23-14-6-4-8-20-7-3-5-13-22-20;1-2-9-3-4-11-8-12(13)6-5-10(11)7-9;11-7-3-5-9-8-4-1-2-6-10(8)12;6-5-3-1-2-4-7(5)8;2*1-2;;;;;;/h3,5,7,11-13,16-17H,2,4,6,8-10,14-15H2,1H3;5-6,8-9,13H,2-4,7H2,1H3;1-2,4,6,11-12H,3,5,7H2;1-4H;2*1-2H3;3*1H3;;;/q;;;;;;3*-1;;;. The summed E-state index contributed by atoms with van der Waals surface area (Å²) in [6.45, 7) is 14.0. The zero-order valence-electron chi connectivity index (χ0n) is 41.7. The molecule has 9 nitrogen and oxygen atoms in total. The van der Waals surface area contributed by atoms with Gasteiger partial charge in [-0.3, -0.25) is 9.98 Å². The maximum atomic E-state index is 10.4. The third-order valence-electron chi connectivity index (χ3n) is 10.2. The van der Waals surface area contributed by atoms with Crippen molar-refractivity contribution in [2.45, 2.75) is 119 Å². The van der Waals surface area contributed by atoms with E-state index in [1.165, 1.54) is 91.4 Å². The molecule has 13 heteroatoms. The quantitative estimate of drug-likeness (QED) is 0.0302. The number of pyridine rings is 3. The number of nitrogens with zero attached hydrogens (tertiary/aromatic N) is 4. The Balaban J connectivity index is -0.000000252. The summed E-state index contributed by atoms with van der Waals surface area (Å²) >= 11 is 5.36. The number of ether oxygens (including phenoxy) is 1. The fourth-order valence-corrected chi connectivity index (χ4v) is 6.91. The Morgan fingerprint density at radius 1 is 0.758 bits per heavy atom. The zero-order valence-corrected chi connectivity index (χ0v) is 51.0. The number of halogens is 1. The van der Waals surface area contributed by atoms with Crippen LogP contribution >= 0.6 is 11.6 Å². The van der Waals surface area contributed by atoms with E-state index in [0.29, 0.717) is 28.9 Å². The Kier molecular flexibility index (Phi) is 51.0. The van der Waals surface area contributed by atoms with Gasteiger partial charge in [-0.05, 0) is 164 Å². The van der Waals surface area contributed by atoms with Crippen LogP contribution in [0.25, 0.3) is 0 Å². The van der Waals surface area contributed by atoms with Crippen LogP contribution in [0.15, 0.2) is 115 Å². The van der Waals surface area contributed by atoms with Crippen LogP contribution in [0.3, 0.4) is 0 Å². The van der Waals surface area contributed by atoms with Crippen molar-refractivity contribution in [1.29, 1.82) is 0 Å². The molecule has 0 bridgehead atoms. The molecule has 3 radical (unpaired) electrons. The van der Waals surface area contributed by atoms with Crippen molar-refractivity contribution in [3.63, 3.8) is 0 Å². The first-order valence-corrected chi connectivity index (χ1v) is 22.4. The van der Waals surface area contributed by atoms with Crippen molar-refractivity contribution in [1.82, 2.24) is 9.71 Å². The molecule has 2 aliphatic carbocycles. The number of phenolic OH excluding ortho intramolecular Hbond substituents is 1. The molecule has 0 saturated carbocycles. The SMILES string of the molecule is CC.CC.CCC1CCc2cc(O)ccc2C1.CCC1CCc2cc(OCCCCc3ccccn3)ccc2C1.OCCCN=c1ccccn1O.[CH3-].[CH3-].[CH3-].[O-][n+]1ccccc1Cl.[Y].[Y].[Y]. The van der Waals surface area contributed by atoms with Crippen LogP contribution in [0.4, 0.5) is 0 Å². The summed E-state index contributed by atoms with van der Waals surface area (Å²) in [7, 11) is 0. The second-order valence-electron chi connectivity index (χ2n) is 14.3. The molecule has 7 rings (SSSR count). The molecule has 3 aromatic heterocycles. The number of benzene rings is 2. The number of phenols is 1. The van der Waals surface area contributed by atoms with Crippen molar-refractivity contribution in [2.24, 2.45) is 16.8 Å². The molecule has 361 valence electrons. The molecule has 3 heterocycles. The van der Waals surface area contributed by atoms with Gasteiger partial charge in [0, 0.05) is 141 Å². The number of hydrogen-bond donors (Lipinski definition) is 3. The van der Waals surface area contributed by atoms with E-state index in [-0.39, 0.29) is 132 Å². The smallest absolute Gasteiger partial charge is 0.286 e. The maximum Gasteiger partial charge on any atom is 0.286 e. The average Bonchev–Trinajstić information content (AvgIpc) is 3.30. The Bertz CT molecular complexity index is 1940. The van der Waals surface area contributed by atoms with Gasteiger partial charge in [-0.15, -0.1) is 0 Å². The largest absolute Gasteiger partial charge is 0.618 e. The number of aliphatic hydroxyl groups is 1. The van der Waals surface area contributed by atoms with Gasteiger partial charge in [0.15, 0.2) is 11.7 Å². The zero-order chi connectivity index (χ0) is 44.0. The Hall–Kier alpha value is -1.55. The number of aliphatic hydroxyl groups excluding tert-OH is 1. The van der Waals surface area contributed by atoms with Crippen LogP contribution in [0, 0.1) is 39.3 Å². The first-order chi connectivity index (χ1) is 29.3. The van der Waals surface area contributed by atoms with E-state index in [0.717, 1.165) is 54.6 Å². The molecule has 66 heavy (non-hydrogen) atoms. The minimum atomic E-state index is 0. The van der Waals surface area contributed by atoms with Gasteiger partial charge in [-0.2, -0.15) is 9.46 Å². The third-order valence-corrected chi connectivity index (χ3v) is 10.5. The topological polar surface area (TPSA) is 127 Å². The van der Waals surface area contributed by atoms with E-state index in [4.69, 9.17) is 21.4 Å². The van der Waals surface area contributed by atoms with E-state index in [9.17, 15) is 15.5 Å². The van der Waals surface area contributed by atoms with Crippen LogP contribution in [-0.2, 0) is 130 Å². The molecule has 0 spiro atoms. The Morgan fingerprint density at radius 2 is 1.35 bits per heavy atom. The molecular formula is C53H80ClN4O5Y3-3. The van der Waals surface area contributed by atoms with Crippen LogP contribution in [0.1, 0.15) is 114 Å². The summed E-state index contributed by atoms with van der Waals surface area (Å²) in [6, 6.07) is 28.7. The van der Waals surface area contributed by atoms with Gasteiger partial charge in [-0.1, -0.05) is 78.6 Å². The van der Waals surface area contributed by atoms with E-state index in [1.54, 1.807) is 36.4 Å². The van der Waals surface area contributed by atoms with Crippen molar-refractivity contribution < 1.29 is 123 Å². The first kappa shape index (κ1) is 73.4. The van der Waals surface area contributed by atoms with Crippen LogP contribution in [0.2, 0.25) is 5.15 Å². The van der Waals surface area contributed by atoms with Gasteiger partial charge < -0.3 is 47.6 Å². The van der Waals surface area contributed by atoms with Gasteiger partial charge >= 0.3 is 0 Å². The fourth-order valence-electron chi connectivity index (χ4n) is 6.78. The van der Waals surface area contributed by atoms with Gasteiger partial charge in [0.25, 0.3) is 5.15 Å². The van der Waals surface area contributed by atoms with Gasteiger partial charge in [0.05, 0.1) is 6.61 Å². The monoisotopic (exact) mass is 1150 g/mol. The number of aromatic nitrogens is 3. The van der Waals surface area contributed by atoms with E-state index in [2.05, 4.69) is 60.2 Å². The number of hydrogen-bond acceptors (Lipinski definition) is 7. The third kappa shape index (κ3) is 29.5. The summed E-state index contributed by atoms with van der Waals surface area (Å²) in [6.07, 6.45) is 18.6. The van der Waals surface area contributed by atoms with Crippen LogP contribution in [0.5, 0.6) is 11.5 Å². The van der Waals surface area contributed by atoms with E-state index < -0.39 is 0 Å². The van der Waals surface area contributed by atoms with Gasteiger partial charge in [0.2, 0.25) is 0 Å². The predicted octanol–water partition coefficient (Wildman–Crippen LogP) is 12.3. The molecule has 0 amide bonds. The molecule has 0 fully saturated rings. The van der Waals surface area contributed by atoms with Crippen molar-refractivity contribution >= 4 is 11.6 Å². The molecule has 2 aliphatic rings. The number of fused-ring (bicyclic) bond motifs is 2. The van der Waals surface area contributed by atoms with Crippen LogP contribution in [-0.4, -0.2) is 44.9 Å². The minimum Gasteiger partial charge on any atom is -0.618 e. The summed E-state index contributed by atoms with van der Waals surface area (Å²) in [5, 5.41) is 37.6. The molecule has 0 saturated heterocycles. The molecule has 3 N–H and O–H groups in total. The summed E-state index contributed by atoms with van der Waals surface area (Å²) in [5.74, 6) is 3.18. The second-order valence-corrected chi connectivity index (χ2v) is 14.6. The molecule has 0 aliphatic heterocycles. The van der Waals surface area contributed by atoms with Gasteiger partial charge in [-0.25, -0.2) is 0 Å². The minimum absolute atomic E-state index is 0. The number of aryl methyl sites for hydroxylation is 3. The van der Waals surface area contributed by atoms with Gasteiger partial charge in [0.1, 0.15) is 11.5 Å². The van der Waals surface area contributed by atoms with Crippen molar-refractivity contribution in [2.75, 3.05) is 19.8 Å². The summed E-state index contributed by atoms with van der Waals surface area (Å²) in [5.41, 5.74) is 7.50. The predicted molar refractivity (Wildman–Crippen MR) is 265 cm³/mol. The van der Waals surface area contributed by atoms with Crippen molar-refractivity contribution in [3.8, 4) is 11.5 Å². The number of aromatic hydroxyl groups is 1. The Labute approximate surface area is 481 Å². The second kappa shape index (κ2) is 45.9.